The third-order valence-electron chi connectivity index (χ3n) is 4.16. The molecule has 3 heterocycles. The predicted octanol–water partition coefficient (Wildman–Crippen LogP) is 4.35. The number of anilines is 1. The molecule has 3 rings (SSSR count). The van der Waals surface area contributed by atoms with Crippen molar-refractivity contribution >= 4 is 33.5 Å². The molecule has 0 fully saturated rings. The number of aromatic nitrogens is 4. The molecule has 1 N–H and O–H groups in total. The highest BCUT2D eigenvalue weighted by Crippen LogP contribution is 2.29. The average Bonchev–Trinajstić information content (AvgIpc) is 3.22. The van der Waals surface area contributed by atoms with Crippen molar-refractivity contribution < 1.29 is 9.32 Å². The summed E-state index contributed by atoms with van der Waals surface area (Å²) in [4.78, 5) is 16.7. The van der Waals surface area contributed by atoms with Gasteiger partial charge in [0.2, 0.25) is 5.13 Å². The number of amides is 1. The fourth-order valence-corrected chi connectivity index (χ4v) is 3.65. The van der Waals surface area contributed by atoms with Gasteiger partial charge in [0.1, 0.15) is 5.01 Å². The van der Waals surface area contributed by atoms with Gasteiger partial charge in [0.05, 0.1) is 16.6 Å². The molecule has 7 nitrogen and oxygen atoms in total. The van der Waals surface area contributed by atoms with Crippen LogP contribution >= 0.6 is 11.3 Å². The van der Waals surface area contributed by atoms with Crippen molar-refractivity contribution in [3.05, 3.63) is 28.5 Å². The van der Waals surface area contributed by atoms with Gasteiger partial charge in [0.15, 0.2) is 0 Å². The van der Waals surface area contributed by atoms with Crippen LogP contribution < -0.4 is 5.32 Å². The standard InChI is InChI=1S/C17H21N5O2S/c1-5-10(6-2)16-20-21-17(25-16)19-14(23)11-7-12-13(9(3)4)22-24-15(12)18-8-11/h7-10H,5-6H2,1-4H3,(H,19,21,23). The van der Waals surface area contributed by atoms with Crippen LogP contribution in [0.1, 0.15) is 73.4 Å². The van der Waals surface area contributed by atoms with Crippen LogP contribution in [0.2, 0.25) is 0 Å². The van der Waals surface area contributed by atoms with Crippen LogP contribution in [0.4, 0.5) is 5.13 Å². The van der Waals surface area contributed by atoms with Gasteiger partial charge in [-0.2, -0.15) is 0 Å². The molecule has 0 spiro atoms. The van der Waals surface area contributed by atoms with E-state index < -0.39 is 0 Å². The normalized spacial score (nSPS) is 11.6. The largest absolute Gasteiger partial charge is 0.336 e. The minimum absolute atomic E-state index is 0.187. The molecule has 0 radical (unpaired) electrons. The van der Waals surface area contributed by atoms with E-state index in [0.717, 1.165) is 28.9 Å². The lowest BCUT2D eigenvalue weighted by atomic mass is 10.1. The van der Waals surface area contributed by atoms with Gasteiger partial charge in [-0.05, 0) is 24.8 Å². The Bertz CT molecular complexity index is 882. The second kappa shape index (κ2) is 7.26. The lowest BCUT2D eigenvalue weighted by molar-refractivity contribution is 0.102. The number of rotatable bonds is 6. The molecule has 8 heteroatoms. The van der Waals surface area contributed by atoms with Crippen molar-refractivity contribution in [3.8, 4) is 0 Å². The Morgan fingerprint density at radius 1 is 1.28 bits per heavy atom. The Labute approximate surface area is 149 Å². The number of pyridine rings is 1. The average molecular weight is 359 g/mol. The maximum Gasteiger partial charge on any atom is 0.259 e. The highest BCUT2D eigenvalue weighted by molar-refractivity contribution is 7.15. The van der Waals surface area contributed by atoms with E-state index in [2.05, 4.69) is 39.5 Å². The lowest BCUT2D eigenvalue weighted by Crippen LogP contribution is -2.12. The first-order chi connectivity index (χ1) is 12.0. The summed E-state index contributed by atoms with van der Waals surface area (Å²) in [6.45, 7) is 8.29. The number of hydrogen-bond acceptors (Lipinski definition) is 7. The minimum Gasteiger partial charge on any atom is -0.336 e. The van der Waals surface area contributed by atoms with Gasteiger partial charge in [-0.25, -0.2) is 4.98 Å². The molecule has 0 atom stereocenters. The van der Waals surface area contributed by atoms with Crippen LogP contribution in [0, 0.1) is 0 Å². The molecule has 0 saturated carbocycles. The number of nitrogens with one attached hydrogen (secondary N) is 1. The third kappa shape index (κ3) is 3.53. The van der Waals surface area contributed by atoms with Crippen LogP contribution in [0.25, 0.3) is 11.1 Å². The molecule has 0 aliphatic rings. The van der Waals surface area contributed by atoms with E-state index in [0.29, 0.717) is 22.3 Å². The van der Waals surface area contributed by atoms with Gasteiger partial charge in [0.25, 0.3) is 11.6 Å². The molecule has 0 aliphatic heterocycles. The van der Waals surface area contributed by atoms with Gasteiger partial charge in [-0.1, -0.05) is 44.2 Å². The van der Waals surface area contributed by atoms with E-state index in [1.54, 1.807) is 6.07 Å². The molecule has 25 heavy (non-hydrogen) atoms. The summed E-state index contributed by atoms with van der Waals surface area (Å²) in [6.07, 6.45) is 3.49. The number of nitrogens with zero attached hydrogens (tertiary/aromatic N) is 4. The molecule has 3 aromatic heterocycles. The molecule has 1 amide bonds. The Hall–Kier alpha value is -2.35. The fraction of sp³-hybridized carbons (Fsp3) is 0.471. The second-order valence-electron chi connectivity index (χ2n) is 6.21. The smallest absolute Gasteiger partial charge is 0.259 e. The SMILES string of the molecule is CCC(CC)c1nnc(NC(=O)c2cnc3onc(C(C)C)c3c2)s1. The van der Waals surface area contributed by atoms with Gasteiger partial charge in [-0.3, -0.25) is 10.1 Å². The third-order valence-corrected chi connectivity index (χ3v) is 5.16. The topological polar surface area (TPSA) is 93.8 Å². The number of carbonyl (C=O) groups excluding carboxylic acids is 1. The Morgan fingerprint density at radius 3 is 2.72 bits per heavy atom. The van der Waals surface area contributed by atoms with Crippen molar-refractivity contribution in [1.82, 2.24) is 20.3 Å². The summed E-state index contributed by atoms with van der Waals surface area (Å²) in [7, 11) is 0. The van der Waals surface area contributed by atoms with E-state index in [1.807, 2.05) is 13.8 Å². The lowest BCUT2D eigenvalue weighted by Gasteiger charge is -2.05. The minimum atomic E-state index is -0.266. The Balaban J connectivity index is 1.81. The highest BCUT2D eigenvalue weighted by Gasteiger charge is 2.18. The monoisotopic (exact) mass is 359 g/mol. The van der Waals surface area contributed by atoms with E-state index >= 15 is 0 Å². The number of hydrogen-bond donors (Lipinski definition) is 1. The molecule has 0 aliphatic carbocycles. The summed E-state index contributed by atoms with van der Waals surface area (Å²) >= 11 is 1.42. The van der Waals surface area contributed by atoms with Crippen LogP contribution in [0.5, 0.6) is 0 Å². The first-order valence-electron chi connectivity index (χ1n) is 8.43. The quantitative estimate of drug-likeness (QED) is 0.703. The van der Waals surface area contributed by atoms with Crippen LogP contribution in [-0.2, 0) is 0 Å². The summed E-state index contributed by atoms with van der Waals surface area (Å²) < 4.78 is 5.20. The van der Waals surface area contributed by atoms with E-state index in [9.17, 15) is 4.79 Å². The van der Waals surface area contributed by atoms with E-state index in [4.69, 9.17) is 4.52 Å². The molecule has 3 aromatic rings. The Morgan fingerprint density at radius 2 is 2.04 bits per heavy atom. The summed E-state index contributed by atoms with van der Waals surface area (Å²) in [5.41, 5.74) is 1.67. The summed E-state index contributed by atoms with van der Waals surface area (Å²) in [5, 5.41) is 17.3. The highest BCUT2D eigenvalue weighted by atomic mass is 32.1. The van der Waals surface area contributed by atoms with Crippen molar-refractivity contribution in [2.24, 2.45) is 0 Å². The zero-order valence-corrected chi connectivity index (χ0v) is 15.6. The van der Waals surface area contributed by atoms with Gasteiger partial charge in [0, 0.05) is 12.1 Å². The first-order valence-corrected chi connectivity index (χ1v) is 9.25. The van der Waals surface area contributed by atoms with Gasteiger partial charge in [-0.15, -0.1) is 10.2 Å². The van der Waals surface area contributed by atoms with E-state index in [-0.39, 0.29) is 11.8 Å². The maximum atomic E-state index is 12.5. The van der Waals surface area contributed by atoms with Gasteiger partial charge < -0.3 is 4.52 Å². The second-order valence-corrected chi connectivity index (χ2v) is 7.22. The van der Waals surface area contributed by atoms with Crippen molar-refractivity contribution in [3.63, 3.8) is 0 Å². The fourth-order valence-electron chi connectivity index (χ4n) is 2.65. The molecule has 0 aromatic carbocycles. The van der Waals surface area contributed by atoms with E-state index in [1.165, 1.54) is 17.5 Å². The van der Waals surface area contributed by atoms with Crippen molar-refractivity contribution in [1.29, 1.82) is 0 Å². The van der Waals surface area contributed by atoms with Crippen molar-refractivity contribution in [2.45, 2.75) is 52.4 Å². The molecule has 0 saturated heterocycles. The predicted molar refractivity (Wildman–Crippen MR) is 97.1 cm³/mol. The molecule has 132 valence electrons. The number of fused-ring (bicyclic) bond motifs is 1. The maximum absolute atomic E-state index is 12.5. The van der Waals surface area contributed by atoms with Crippen LogP contribution in [-0.4, -0.2) is 26.2 Å². The zero-order valence-electron chi connectivity index (χ0n) is 14.7. The molecular formula is C17H21N5O2S. The Kier molecular flexibility index (Phi) is 5.08. The van der Waals surface area contributed by atoms with Crippen LogP contribution in [0.3, 0.4) is 0 Å². The molecular weight excluding hydrogens is 338 g/mol. The van der Waals surface area contributed by atoms with Crippen LogP contribution in [0.15, 0.2) is 16.8 Å². The molecule has 0 unspecified atom stereocenters. The first kappa shape index (κ1) is 17.5. The summed E-state index contributed by atoms with van der Waals surface area (Å²) in [5.74, 6) is 0.302. The summed E-state index contributed by atoms with van der Waals surface area (Å²) in [6, 6.07) is 1.76. The van der Waals surface area contributed by atoms with Gasteiger partial charge >= 0.3 is 0 Å². The molecule has 0 bridgehead atoms. The van der Waals surface area contributed by atoms with Crippen molar-refractivity contribution in [2.75, 3.05) is 5.32 Å². The zero-order chi connectivity index (χ0) is 18.0. The number of carbonyl (C=O) groups is 1.